The number of aromatic nitrogens is 2. The summed E-state index contributed by atoms with van der Waals surface area (Å²) in [6, 6.07) is 8.91. The number of aromatic amines is 1. The van der Waals surface area contributed by atoms with Gasteiger partial charge in [0.05, 0.1) is 27.9 Å². The summed E-state index contributed by atoms with van der Waals surface area (Å²) < 4.78 is 5.68. The molecule has 0 fully saturated rings. The van der Waals surface area contributed by atoms with Gasteiger partial charge in [0.1, 0.15) is 17.2 Å². The van der Waals surface area contributed by atoms with E-state index < -0.39 is 10.8 Å². The van der Waals surface area contributed by atoms with Crippen LogP contribution in [0.2, 0.25) is 10.0 Å². The van der Waals surface area contributed by atoms with Crippen molar-refractivity contribution in [3.63, 3.8) is 0 Å². The number of hydrogen-bond donors (Lipinski definition) is 2. The van der Waals surface area contributed by atoms with Crippen LogP contribution < -0.4 is 10.1 Å². The van der Waals surface area contributed by atoms with Crippen molar-refractivity contribution in [2.24, 2.45) is 0 Å². The minimum atomic E-state index is -0.591. The van der Waals surface area contributed by atoms with Crippen LogP contribution in [0.5, 0.6) is 11.5 Å². The van der Waals surface area contributed by atoms with E-state index in [9.17, 15) is 14.9 Å². The molecule has 27 heavy (non-hydrogen) atoms. The van der Waals surface area contributed by atoms with Crippen LogP contribution in [0.4, 0.5) is 11.4 Å². The Balaban J connectivity index is 1.90. The van der Waals surface area contributed by atoms with Gasteiger partial charge in [0.2, 0.25) is 0 Å². The fourth-order valence-electron chi connectivity index (χ4n) is 2.26. The van der Waals surface area contributed by atoms with Crippen molar-refractivity contribution in [3.8, 4) is 11.5 Å². The van der Waals surface area contributed by atoms with Crippen LogP contribution in [0.3, 0.4) is 0 Å². The molecule has 3 rings (SSSR count). The van der Waals surface area contributed by atoms with E-state index in [1.807, 2.05) is 6.92 Å². The molecule has 0 aliphatic heterocycles. The highest BCUT2D eigenvalue weighted by Gasteiger charge is 2.16. The van der Waals surface area contributed by atoms with Crippen LogP contribution >= 0.6 is 23.2 Å². The van der Waals surface area contributed by atoms with E-state index in [2.05, 4.69) is 15.5 Å². The Bertz CT molecular complexity index is 1040. The number of carbonyl (C=O) groups excluding carboxylic acids is 1. The van der Waals surface area contributed by atoms with Crippen LogP contribution in [0.25, 0.3) is 0 Å². The first kappa shape index (κ1) is 18.7. The number of ether oxygens (including phenoxy) is 1. The standard InChI is InChI=1S/C17H12Cl2N4O4/c1-9-4-12(2-3-14(9)18)27-13-6-10(5-11(7-13)23(25)26)21-17(24)16-15(19)8-20-22-16/h2-8H,1H3,(H,20,22)(H,21,24). The van der Waals surface area contributed by atoms with E-state index in [0.717, 1.165) is 5.56 Å². The van der Waals surface area contributed by atoms with E-state index in [-0.39, 0.29) is 27.8 Å². The average Bonchev–Trinajstić information content (AvgIpc) is 3.04. The monoisotopic (exact) mass is 406 g/mol. The molecule has 1 aromatic heterocycles. The van der Waals surface area contributed by atoms with Crippen molar-refractivity contribution >= 4 is 40.5 Å². The van der Waals surface area contributed by atoms with Crippen LogP contribution in [-0.4, -0.2) is 21.0 Å². The molecule has 0 bridgehead atoms. The Hall–Kier alpha value is -3.10. The highest BCUT2D eigenvalue weighted by Crippen LogP contribution is 2.31. The smallest absolute Gasteiger partial charge is 0.275 e. The summed E-state index contributed by atoms with van der Waals surface area (Å²) in [5.74, 6) is 0.0366. The van der Waals surface area contributed by atoms with Crippen molar-refractivity contribution in [2.75, 3.05) is 5.32 Å². The molecule has 0 saturated carbocycles. The largest absolute Gasteiger partial charge is 0.457 e. The maximum absolute atomic E-state index is 12.2. The van der Waals surface area contributed by atoms with Gasteiger partial charge < -0.3 is 10.1 Å². The van der Waals surface area contributed by atoms with E-state index in [1.54, 1.807) is 18.2 Å². The zero-order valence-corrected chi connectivity index (χ0v) is 15.3. The molecule has 0 unspecified atom stereocenters. The molecular formula is C17H12Cl2N4O4. The predicted octanol–water partition coefficient (Wildman–Crippen LogP) is 4.98. The lowest BCUT2D eigenvalue weighted by molar-refractivity contribution is -0.384. The molecule has 8 nitrogen and oxygen atoms in total. The van der Waals surface area contributed by atoms with Gasteiger partial charge in [-0.3, -0.25) is 20.0 Å². The number of non-ortho nitro benzene ring substituents is 1. The first-order chi connectivity index (χ1) is 12.8. The topological polar surface area (TPSA) is 110 Å². The summed E-state index contributed by atoms with van der Waals surface area (Å²) in [7, 11) is 0. The molecule has 0 saturated heterocycles. The Morgan fingerprint density at radius 1 is 1.19 bits per heavy atom. The van der Waals surface area contributed by atoms with Gasteiger partial charge in [-0.05, 0) is 30.7 Å². The number of nitrogens with one attached hydrogen (secondary N) is 2. The van der Waals surface area contributed by atoms with Crippen molar-refractivity contribution in [1.82, 2.24) is 10.2 Å². The Kier molecular flexibility index (Phi) is 5.29. The molecule has 0 radical (unpaired) electrons. The summed E-state index contributed by atoms with van der Waals surface area (Å²) >= 11 is 11.8. The highest BCUT2D eigenvalue weighted by molar-refractivity contribution is 6.34. The Labute approximate surface area is 163 Å². The number of amides is 1. The number of nitro groups is 1. The number of H-pyrrole nitrogens is 1. The number of anilines is 1. The fraction of sp³-hybridized carbons (Fsp3) is 0.0588. The lowest BCUT2D eigenvalue weighted by Crippen LogP contribution is -2.13. The summed E-state index contributed by atoms with van der Waals surface area (Å²) in [5.41, 5.74) is 0.755. The maximum Gasteiger partial charge on any atom is 0.275 e. The number of benzene rings is 2. The normalized spacial score (nSPS) is 10.5. The lowest BCUT2D eigenvalue weighted by Gasteiger charge is -2.10. The zero-order chi connectivity index (χ0) is 19.6. The van der Waals surface area contributed by atoms with Crippen molar-refractivity contribution in [2.45, 2.75) is 6.92 Å². The summed E-state index contributed by atoms with van der Waals surface area (Å²) in [6.07, 6.45) is 1.28. The molecule has 2 aromatic carbocycles. The number of nitro benzene ring substituents is 1. The number of rotatable bonds is 5. The van der Waals surface area contributed by atoms with Crippen molar-refractivity contribution in [3.05, 3.63) is 74.0 Å². The summed E-state index contributed by atoms with van der Waals surface area (Å²) in [6.45, 7) is 1.81. The van der Waals surface area contributed by atoms with Gasteiger partial charge in [0.25, 0.3) is 11.6 Å². The second-order valence-corrected chi connectivity index (χ2v) is 6.35. The van der Waals surface area contributed by atoms with Gasteiger partial charge in [0.15, 0.2) is 0 Å². The van der Waals surface area contributed by atoms with Crippen LogP contribution in [0, 0.1) is 17.0 Å². The highest BCUT2D eigenvalue weighted by atomic mass is 35.5. The van der Waals surface area contributed by atoms with Gasteiger partial charge in [-0.1, -0.05) is 23.2 Å². The molecule has 1 amide bonds. The molecule has 0 spiro atoms. The second kappa shape index (κ2) is 7.65. The molecule has 0 atom stereocenters. The third kappa shape index (κ3) is 4.36. The summed E-state index contributed by atoms with van der Waals surface area (Å²) in [5, 5.41) is 20.6. The first-order valence-electron chi connectivity index (χ1n) is 7.57. The van der Waals surface area contributed by atoms with Crippen molar-refractivity contribution in [1.29, 1.82) is 0 Å². The predicted molar refractivity (Wildman–Crippen MR) is 101 cm³/mol. The summed E-state index contributed by atoms with van der Waals surface area (Å²) in [4.78, 5) is 22.9. The molecule has 10 heteroatoms. The fourth-order valence-corrected chi connectivity index (χ4v) is 2.56. The maximum atomic E-state index is 12.2. The third-order valence-corrected chi connectivity index (χ3v) is 4.26. The van der Waals surface area contributed by atoms with Gasteiger partial charge in [-0.2, -0.15) is 5.10 Å². The van der Waals surface area contributed by atoms with Gasteiger partial charge >= 0.3 is 0 Å². The van der Waals surface area contributed by atoms with E-state index >= 15 is 0 Å². The molecule has 0 aliphatic carbocycles. The van der Waals surface area contributed by atoms with Crippen molar-refractivity contribution < 1.29 is 14.5 Å². The first-order valence-corrected chi connectivity index (χ1v) is 8.33. The van der Waals surface area contributed by atoms with Crippen LogP contribution in [0.15, 0.2) is 42.6 Å². The molecule has 2 N–H and O–H groups in total. The lowest BCUT2D eigenvalue weighted by atomic mass is 10.2. The Morgan fingerprint density at radius 3 is 2.59 bits per heavy atom. The van der Waals surface area contributed by atoms with E-state index in [0.29, 0.717) is 10.8 Å². The van der Waals surface area contributed by atoms with Gasteiger partial charge in [-0.15, -0.1) is 0 Å². The third-order valence-electron chi connectivity index (χ3n) is 3.55. The number of halogens is 2. The van der Waals surface area contributed by atoms with Crippen LogP contribution in [-0.2, 0) is 0 Å². The average molecular weight is 407 g/mol. The SMILES string of the molecule is Cc1cc(Oc2cc(NC(=O)c3[nH]ncc3Cl)cc([N+](=O)[O-])c2)ccc1Cl. The second-order valence-electron chi connectivity index (χ2n) is 5.53. The number of nitrogens with zero attached hydrogens (tertiary/aromatic N) is 2. The minimum absolute atomic E-state index is 0.0407. The molecule has 138 valence electrons. The van der Waals surface area contributed by atoms with E-state index in [1.165, 1.54) is 24.4 Å². The van der Waals surface area contributed by atoms with Crippen LogP contribution in [0.1, 0.15) is 16.1 Å². The Morgan fingerprint density at radius 2 is 1.96 bits per heavy atom. The number of hydrogen-bond acceptors (Lipinski definition) is 5. The van der Waals surface area contributed by atoms with Gasteiger partial charge in [0, 0.05) is 17.2 Å². The van der Waals surface area contributed by atoms with Gasteiger partial charge in [-0.25, -0.2) is 0 Å². The molecule has 0 aliphatic rings. The minimum Gasteiger partial charge on any atom is -0.457 e. The molecule has 1 heterocycles. The van der Waals surface area contributed by atoms with E-state index in [4.69, 9.17) is 27.9 Å². The quantitative estimate of drug-likeness (QED) is 0.458. The number of aryl methyl sites for hydroxylation is 1. The molecule has 3 aromatic rings. The number of carbonyl (C=O) groups is 1. The zero-order valence-electron chi connectivity index (χ0n) is 13.8. The molecular weight excluding hydrogens is 395 g/mol.